The molecule has 2 N–H and O–H groups in total. The lowest BCUT2D eigenvalue weighted by molar-refractivity contribution is 0.416. The first-order valence-corrected chi connectivity index (χ1v) is 9.98. The standard InChI is InChI=1S/C22H23N3O2S/c1-4-28-16-6-8-21(27-3)19(10-16)20-13-25(2)22(26)17-7-5-14(9-18(17)20)15(11-23)12-24/h5-13,15,23-24H,4H2,1-3H3. The fourth-order valence-corrected chi connectivity index (χ4v) is 4.00. The molecule has 0 aliphatic carbocycles. The highest BCUT2D eigenvalue weighted by Crippen LogP contribution is 2.37. The van der Waals surface area contributed by atoms with E-state index in [1.807, 2.05) is 30.5 Å². The van der Waals surface area contributed by atoms with Crippen LogP contribution in [0.5, 0.6) is 5.75 Å². The van der Waals surface area contributed by atoms with Gasteiger partial charge in [-0.15, -0.1) is 11.8 Å². The third-order valence-corrected chi connectivity index (χ3v) is 5.60. The first kappa shape index (κ1) is 19.9. The minimum Gasteiger partial charge on any atom is -0.496 e. The number of pyridine rings is 1. The quantitative estimate of drug-likeness (QED) is 0.451. The number of methoxy groups -OCH3 is 1. The number of hydrogen-bond acceptors (Lipinski definition) is 5. The van der Waals surface area contributed by atoms with E-state index in [2.05, 4.69) is 13.0 Å². The molecule has 0 atom stereocenters. The number of thioether (sulfide) groups is 1. The summed E-state index contributed by atoms with van der Waals surface area (Å²) in [6.45, 7) is 2.11. The first-order valence-electron chi connectivity index (χ1n) is 8.99. The van der Waals surface area contributed by atoms with E-state index in [0.717, 1.165) is 38.5 Å². The second-order valence-electron chi connectivity index (χ2n) is 6.42. The van der Waals surface area contributed by atoms with Crippen LogP contribution in [0.1, 0.15) is 18.4 Å². The average Bonchev–Trinajstić information content (AvgIpc) is 2.72. The smallest absolute Gasteiger partial charge is 0.258 e. The molecule has 5 nitrogen and oxygen atoms in total. The molecule has 0 spiro atoms. The van der Waals surface area contributed by atoms with Gasteiger partial charge in [-0.1, -0.05) is 13.0 Å². The zero-order valence-corrected chi connectivity index (χ0v) is 17.0. The zero-order valence-electron chi connectivity index (χ0n) is 16.2. The zero-order chi connectivity index (χ0) is 20.3. The van der Waals surface area contributed by atoms with Gasteiger partial charge in [-0.05, 0) is 47.0 Å². The Balaban J connectivity index is 2.37. The van der Waals surface area contributed by atoms with Crippen LogP contribution in [0.2, 0.25) is 0 Å². The molecule has 0 saturated heterocycles. The van der Waals surface area contributed by atoms with Crippen molar-refractivity contribution in [3.63, 3.8) is 0 Å². The largest absolute Gasteiger partial charge is 0.496 e. The predicted molar refractivity (Wildman–Crippen MR) is 118 cm³/mol. The number of benzene rings is 2. The maximum atomic E-state index is 12.7. The van der Waals surface area contributed by atoms with Crippen LogP contribution >= 0.6 is 11.8 Å². The third-order valence-electron chi connectivity index (χ3n) is 4.72. The fourth-order valence-electron chi connectivity index (χ4n) is 3.30. The molecule has 0 amide bonds. The number of ether oxygens (including phenoxy) is 1. The molecule has 2 aromatic carbocycles. The van der Waals surface area contributed by atoms with E-state index in [1.165, 1.54) is 12.4 Å². The van der Waals surface area contributed by atoms with Gasteiger partial charge in [0.05, 0.1) is 13.0 Å². The van der Waals surface area contributed by atoms with Crippen LogP contribution in [0.15, 0.2) is 52.3 Å². The highest BCUT2D eigenvalue weighted by molar-refractivity contribution is 7.99. The van der Waals surface area contributed by atoms with E-state index < -0.39 is 5.92 Å². The Bertz CT molecular complexity index is 1100. The summed E-state index contributed by atoms with van der Waals surface area (Å²) < 4.78 is 7.19. The highest BCUT2D eigenvalue weighted by Gasteiger charge is 2.16. The van der Waals surface area contributed by atoms with Crippen molar-refractivity contribution in [2.75, 3.05) is 12.9 Å². The normalized spacial score (nSPS) is 12.0. The number of rotatable bonds is 7. The van der Waals surface area contributed by atoms with Crippen LogP contribution in [-0.2, 0) is 7.05 Å². The van der Waals surface area contributed by atoms with Crippen LogP contribution in [0.4, 0.5) is 0 Å². The van der Waals surface area contributed by atoms with Gasteiger partial charge in [-0.3, -0.25) is 4.79 Å². The lowest BCUT2D eigenvalue weighted by Crippen LogP contribution is -2.17. The van der Waals surface area contributed by atoms with Gasteiger partial charge >= 0.3 is 0 Å². The number of hydrogen-bond donors (Lipinski definition) is 2. The number of nitrogens with zero attached hydrogens (tertiary/aromatic N) is 1. The molecule has 0 saturated carbocycles. The van der Waals surface area contributed by atoms with Gasteiger partial charge in [0.25, 0.3) is 5.56 Å². The van der Waals surface area contributed by atoms with Crippen molar-refractivity contribution in [2.45, 2.75) is 17.7 Å². The minimum atomic E-state index is -0.412. The summed E-state index contributed by atoms with van der Waals surface area (Å²) >= 11 is 1.75. The summed E-state index contributed by atoms with van der Waals surface area (Å²) in [5, 5.41) is 16.5. The van der Waals surface area contributed by atoms with Crippen LogP contribution < -0.4 is 10.3 Å². The molecule has 3 rings (SSSR count). The Morgan fingerprint density at radius 1 is 1.11 bits per heavy atom. The number of nitrogens with one attached hydrogen (secondary N) is 2. The molecule has 6 heteroatoms. The number of aryl methyl sites for hydroxylation is 1. The Morgan fingerprint density at radius 2 is 1.86 bits per heavy atom. The molecule has 3 aromatic rings. The molecule has 0 fully saturated rings. The average molecular weight is 394 g/mol. The molecule has 144 valence electrons. The molecular weight excluding hydrogens is 370 g/mol. The second-order valence-corrected chi connectivity index (χ2v) is 7.76. The van der Waals surface area contributed by atoms with Gasteiger partial charge in [0.15, 0.2) is 0 Å². The summed E-state index contributed by atoms with van der Waals surface area (Å²) in [6.07, 6.45) is 4.29. The third kappa shape index (κ3) is 3.60. The van der Waals surface area contributed by atoms with E-state index in [4.69, 9.17) is 15.6 Å². The van der Waals surface area contributed by atoms with E-state index in [-0.39, 0.29) is 5.56 Å². The van der Waals surface area contributed by atoms with Gasteiger partial charge in [0.1, 0.15) is 5.75 Å². The van der Waals surface area contributed by atoms with Crippen LogP contribution in [-0.4, -0.2) is 29.9 Å². The second kappa shape index (κ2) is 8.44. The van der Waals surface area contributed by atoms with Gasteiger partial charge in [-0.2, -0.15) is 0 Å². The van der Waals surface area contributed by atoms with Crippen LogP contribution in [0.25, 0.3) is 21.9 Å². The maximum Gasteiger partial charge on any atom is 0.258 e. The summed E-state index contributed by atoms with van der Waals surface area (Å²) in [7, 11) is 3.38. The predicted octanol–water partition coefficient (Wildman–Crippen LogP) is 4.71. The lowest BCUT2D eigenvalue weighted by atomic mass is 9.94. The summed E-state index contributed by atoms with van der Waals surface area (Å²) in [6, 6.07) is 11.6. The van der Waals surface area contributed by atoms with Gasteiger partial charge in [0, 0.05) is 47.1 Å². The lowest BCUT2D eigenvalue weighted by Gasteiger charge is -2.16. The van der Waals surface area contributed by atoms with E-state index in [9.17, 15) is 4.79 Å². The van der Waals surface area contributed by atoms with Crippen molar-refractivity contribution in [2.24, 2.45) is 7.05 Å². The molecule has 0 bridgehead atoms. The molecule has 1 heterocycles. The van der Waals surface area contributed by atoms with E-state index >= 15 is 0 Å². The molecule has 0 radical (unpaired) electrons. The van der Waals surface area contributed by atoms with Crippen molar-refractivity contribution in [1.82, 2.24) is 4.57 Å². The Kier molecular flexibility index (Phi) is 5.99. The monoisotopic (exact) mass is 393 g/mol. The Labute approximate surface area is 168 Å². The maximum absolute atomic E-state index is 12.7. The number of aromatic nitrogens is 1. The summed E-state index contributed by atoms with van der Waals surface area (Å²) in [5.41, 5.74) is 2.54. The summed E-state index contributed by atoms with van der Waals surface area (Å²) in [5.74, 6) is 1.29. The Hall–Kier alpha value is -2.86. The first-order chi connectivity index (χ1) is 13.5. The van der Waals surface area contributed by atoms with Crippen LogP contribution in [0.3, 0.4) is 0 Å². The number of fused-ring (bicyclic) bond motifs is 1. The fraction of sp³-hybridized carbons (Fsp3) is 0.227. The summed E-state index contributed by atoms with van der Waals surface area (Å²) in [4.78, 5) is 13.8. The van der Waals surface area contributed by atoms with Crippen molar-refractivity contribution in [3.05, 3.63) is 58.5 Å². The molecular formula is C22H23N3O2S. The van der Waals surface area contributed by atoms with Crippen molar-refractivity contribution < 1.29 is 4.74 Å². The highest BCUT2D eigenvalue weighted by atomic mass is 32.2. The van der Waals surface area contributed by atoms with Crippen LogP contribution in [0, 0.1) is 10.8 Å². The molecule has 1 aromatic heterocycles. The molecule has 0 unspecified atom stereocenters. The van der Waals surface area contributed by atoms with Crippen molar-refractivity contribution in [3.8, 4) is 16.9 Å². The van der Waals surface area contributed by atoms with Crippen molar-refractivity contribution >= 4 is 35.0 Å². The molecule has 28 heavy (non-hydrogen) atoms. The van der Waals surface area contributed by atoms with Gasteiger partial charge in [0.2, 0.25) is 0 Å². The van der Waals surface area contributed by atoms with Crippen molar-refractivity contribution in [1.29, 1.82) is 10.8 Å². The van der Waals surface area contributed by atoms with E-state index in [0.29, 0.717) is 5.39 Å². The van der Waals surface area contributed by atoms with Gasteiger partial charge in [-0.25, -0.2) is 0 Å². The molecule has 0 aliphatic rings. The van der Waals surface area contributed by atoms with E-state index in [1.54, 1.807) is 36.6 Å². The Morgan fingerprint density at radius 3 is 2.50 bits per heavy atom. The topological polar surface area (TPSA) is 78.9 Å². The van der Waals surface area contributed by atoms with Gasteiger partial charge < -0.3 is 20.1 Å². The SMILES string of the molecule is CCSc1ccc(OC)c(-c2cn(C)c(=O)c3ccc(C(C=N)C=N)cc23)c1. The molecule has 0 aliphatic heterocycles. The minimum absolute atomic E-state index is 0.0791.